The monoisotopic (exact) mass is 395 g/mol. The number of amides is 1. The Kier molecular flexibility index (Phi) is 4.75. The minimum absolute atomic E-state index is 0.112. The SMILES string of the molecule is COc1ccc(CN(C)C(=O)Cn2cnc3c(oc4ccccc43)c2=O)cc1F. The summed E-state index contributed by atoms with van der Waals surface area (Å²) in [6.45, 7) is -0.0111. The van der Waals surface area contributed by atoms with Crippen molar-refractivity contribution in [2.45, 2.75) is 13.1 Å². The third kappa shape index (κ3) is 3.44. The average molecular weight is 395 g/mol. The van der Waals surface area contributed by atoms with Crippen LogP contribution in [-0.4, -0.2) is 34.5 Å². The van der Waals surface area contributed by atoms with Gasteiger partial charge in [0.2, 0.25) is 11.5 Å². The zero-order valence-electron chi connectivity index (χ0n) is 15.9. The van der Waals surface area contributed by atoms with E-state index >= 15 is 0 Å². The Labute approximate surface area is 164 Å². The van der Waals surface area contributed by atoms with Crippen LogP contribution in [0.3, 0.4) is 0 Å². The van der Waals surface area contributed by atoms with Crippen molar-refractivity contribution in [3.63, 3.8) is 0 Å². The zero-order chi connectivity index (χ0) is 20.5. The molecule has 0 fully saturated rings. The van der Waals surface area contributed by atoms with Crippen molar-refractivity contribution < 1.29 is 18.3 Å². The fourth-order valence-electron chi connectivity index (χ4n) is 3.16. The molecule has 2 heterocycles. The molecular formula is C21H18FN3O4. The fraction of sp³-hybridized carbons (Fsp3) is 0.190. The van der Waals surface area contributed by atoms with Crippen molar-refractivity contribution in [3.8, 4) is 5.75 Å². The highest BCUT2D eigenvalue weighted by Crippen LogP contribution is 2.24. The van der Waals surface area contributed by atoms with Gasteiger partial charge in [-0.1, -0.05) is 18.2 Å². The Balaban J connectivity index is 1.55. The number of aromatic nitrogens is 2. The Morgan fingerprint density at radius 2 is 2.07 bits per heavy atom. The van der Waals surface area contributed by atoms with Gasteiger partial charge in [0.25, 0.3) is 5.56 Å². The maximum absolute atomic E-state index is 13.8. The average Bonchev–Trinajstić information content (AvgIpc) is 3.09. The van der Waals surface area contributed by atoms with Crippen molar-refractivity contribution in [2.75, 3.05) is 14.2 Å². The van der Waals surface area contributed by atoms with Crippen LogP contribution in [0, 0.1) is 5.82 Å². The van der Waals surface area contributed by atoms with Crippen LogP contribution in [0.25, 0.3) is 22.1 Å². The first-order valence-corrected chi connectivity index (χ1v) is 8.91. The van der Waals surface area contributed by atoms with E-state index in [1.54, 1.807) is 19.2 Å². The number of methoxy groups -OCH3 is 1. The van der Waals surface area contributed by atoms with Gasteiger partial charge in [0.1, 0.15) is 17.6 Å². The van der Waals surface area contributed by atoms with Gasteiger partial charge in [0.05, 0.1) is 13.4 Å². The molecule has 2 aromatic heterocycles. The summed E-state index contributed by atoms with van der Waals surface area (Å²) in [5.74, 6) is -0.679. The number of nitrogens with zero attached hydrogens (tertiary/aromatic N) is 3. The van der Waals surface area contributed by atoms with Gasteiger partial charge in [-0.25, -0.2) is 9.37 Å². The van der Waals surface area contributed by atoms with E-state index in [1.165, 1.54) is 35.0 Å². The standard InChI is InChI=1S/C21H18FN3O4/c1-24(10-13-7-8-17(28-2)15(22)9-13)18(26)11-25-12-23-19-14-5-3-4-6-16(14)29-20(19)21(25)27/h3-9,12H,10-11H2,1-2H3. The fourth-order valence-corrected chi connectivity index (χ4v) is 3.16. The van der Waals surface area contributed by atoms with Gasteiger partial charge in [0, 0.05) is 19.0 Å². The minimum Gasteiger partial charge on any atom is -0.494 e. The van der Waals surface area contributed by atoms with Gasteiger partial charge in [-0.05, 0) is 29.8 Å². The van der Waals surface area contributed by atoms with E-state index in [-0.39, 0.29) is 30.3 Å². The number of furan rings is 1. The summed E-state index contributed by atoms with van der Waals surface area (Å²) in [5.41, 5.74) is 1.33. The highest BCUT2D eigenvalue weighted by Gasteiger charge is 2.17. The summed E-state index contributed by atoms with van der Waals surface area (Å²) in [6, 6.07) is 11.7. The molecular weight excluding hydrogens is 377 g/mol. The predicted octanol–water partition coefficient (Wildman–Crippen LogP) is 2.95. The molecule has 4 rings (SSSR count). The largest absolute Gasteiger partial charge is 0.494 e. The molecule has 0 aliphatic carbocycles. The van der Waals surface area contributed by atoms with Gasteiger partial charge in [0.15, 0.2) is 11.6 Å². The molecule has 0 saturated carbocycles. The maximum Gasteiger partial charge on any atom is 0.297 e. The topological polar surface area (TPSA) is 77.6 Å². The highest BCUT2D eigenvalue weighted by molar-refractivity contribution is 6.01. The van der Waals surface area contributed by atoms with Crippen molar-refractivity contribution in [1.29, 1.82) is 0 Å². The number of rotatable bonds is 5. The molecule has 4 aromatic rings. The van der Waals surface area contributed by atoms with Crippen LogP contribution < -0.4 is 10.3 Å². The van der Waals surface area contributed by atoms with Crippen LogP contribution in [0.2, 0.25) is 0 Å². The molecule has 0 aliphatic rings. The first-order valence-electron chi connectivity index (χ1n) is 8.91. The molecule has 0 saturated heterocycles. The molecule has 1 amide bonds. The van der Waals surface area contributed by atoms with E-state index in [9.17, 15) is 14.0 Å². The van der Waals surface area contributed by atoms with Crippen LogP contribution in [0.4, 0.5) is 4.39 Å². The number of carbonyl (C=O) groups is 1. The zero-order valence-corrected chi connectivity index (χ0v) is 15.9. The van der Waals surface area contributed by atoms with Gasteiger partial charge >= 0.3 is 0 Å². The van der Waals surface area contributed by atoms with Crippen molar-refractivity contribution >= 4 is 28.0 Å². The molecule has 29 heavy (non-hydrogen) atoms. The number of benzene rings is 2. The van der Waals surface area contributed by atoms with Crippen molar-refractivity contribution in [3.05, 3.63) is 70.5 Å². The molecule has 8 heteroatoms. The molecule has 0 atom stereocenters. The minimum atomic E-state index is -0.499. The van der Waals surface area contributed by atoms with Gasteiger partial charge in [-0.3, -0.25) is 14.2 Å². The lowest BCUT2D eigenvalue weighted by atomic mass is 10.2. The molecule has 0 N–H and O–H groups in total. The highest BCUT2D eigenvalue weighted by atomic mass is 19.1. The Morgan fingerprint density at radius 3 is 2.83 bits per heavy atom. The van der Waals surface area contributed by atoms with Crippen LogP contribution >= 0.6 is 0 Å². The second kappa shape index (κ2) is 7.38. The predicted molar refractivity (Wildman–Crippen MR) is 105 cm³/mol. The molecule has 0 radical (unpaired) electrons. The summed E-state index contributed by atoms with van der Waals surface area (Å²) in [6.07, 6.45) is 1.34. The third-order valence-corrected chi connectivity index (χ3v) is 4.72. The maximum atomic E-state index is 13.8. The molecule has 0 spiro atoms. The third-order valence-electron chi connectivity index (χ3n) is 4.72. The number of fused-ring (bicyclic) bond motifs is 3. The first kappa shape index (κ1) is 18.7. The first-order chi connectivity index (χ1) is 14.0. The molecule has 2 aromatic carbocycles. The van der Waals surface area contributed by atoms with Gasteiger partial charge < -0.3 is 14.1 Å². The number of ether oxygens (including phenoxy) is 1. The Hall–Kier alpha value is -3.68. The van der Waals surface area contributed by atoms with E-state index in [1.807, 2.05) is 18.2 Å². The molecule has 0 unspecified atom stereocenters. The Bertz CT molecular complexity index is 1280. The van der Waals surface area contributed by atoms with Crippen LogP contribution in [0.15, 0.2) is 58.0 Å². The lowest BCUT2D eigenvalue weighted by Gasteiger charge is -2.18. The second-order valence-corrected chi connectivity index (χ2v) is 6.67. The van der Waals surface area contributed by atoms with Crippen LogP contribution in [0.5, 0.6) is 5.75 Å². The number of carbonyl (C=O) groups excluding carboxylic acids is 1. The molecule has 7 nitrogen and oxygen atoms in total. The van der Waals surface area contributed by atoms with Crippen LogP contribution in [0.1, 0.15) is 5.56 Å². The quantitative estimate of drug-likeness (QED) is 0.519. The van der Waals surface area contributed by atoms with E-state index < -0.39 is 11.4 Å². The van der Waals surface area contributed by atoms with E-state index in [0.29, 0.717) is 16.7 Å². The number of likely N-dealkylation sites (N-methyl/N-ethyl adjacent to an activating group) is 1. The number of hydrogen-bond acceptors (Lipinski definition) is 5. The second-order valence-electron chi connectivity index (χ2n) is 6.67. The molecule has 0 bridgehead atoms. The molecule has 148 valence electrons. The summed E-state index contributed by atoms with van der Waals surface area (Å²) in [7, 11) is 2.97. The summed E-state index contributed by atoms with van der Waals surface area (Å²) in [5, 5.41) is 0.747. The summed E-state index contributed by atoms with van der Waals surface area (Å²) in [4.78, 5) is 31.0. The van der Waals surface area contributed by atoms with Gasteiger partial charge in [-0.15, -0.1) is 0 Å². The van der Waals surface area contributed by atoms with Crippen molar-refractivity contribution in [2.24, 2.45) is 0 Å². The van der Waals surface area contributed by atoms with Crippen LogP contribution in [-0.2, 0) is 17.9 Å². The number of halogens is 1. The summed E-state index contributed by atoms with van der Waals surface area (Å²) >= 11 is 0. The van der Waals surface area contributed by atoms with E-state index in [0.717, 1.165) is 5.39 Å². The summed E-state index contributed by atoms with van der Waals surface area (Å²) < 4.78 is 25.6. The Morgan fingerprint density at radius 1 is 1.28 bits per heavy atom. The van der Waals surface area contributed by atoms with E-state index in [4.69, 9.17) is 9.15 Å². The lowest BCUT2D eigenvalue weighted by molar-refractivity contribution is -0.131. The number of hydrogen-bond donors (Lipinski definition) is 0. The lowest BCUT2D eigenvalue weighted by Crippen LogP contribution is -2.33. The van der Waals surface area contributed by atoms with E-state index in [2.05, 4.69) is 4.98 Å². The van der Waals surface area contributed by atoms with Gasteiger partial charge in [-0.2, -0.15) is 0 Å². The molecule has 0 aliphatic heterocycles. The number of para-hydroxylation sites is 1. The van der Waals surface area contributed by atoms with Crippen molar-refractivity contribution in [1.82, 2.24) is 14.5 Å². The normalized spacial score (nSPS) is 11.1. The smallest absolute Gasteiger partial charge is 0.297 e.